The van der Waals surface area contributed by atoms with Crippen molar-refractivity contribution < 1.29 is 39.4 Å². The van der Waals surface area contributed by atoms with Crippen molar-refractivity contribution in [2.75, 3.05) is 0 Å². The van der Waals surface area contributed by atoms with Gasteiger partial charge in [-0.15, -0.1) is 42.8 Å². The van der Waals surface area contributed by atoms with Crippen molar-refractivity contribution in [2.24, 2.45) is 0 Å². The van der Waals surface area contributed by atoms with Crippen molar-refractivity contribution in [3.05, 3.63) is 159 Å². The van der Waals surface area contributed by atoms with E-state index < -0.39 is 6.68 Å². The minimum absolute atomic E-state index is 0. The van der Waals surface area contributed by atoms with Crippen LogP contribution in [-0.2, 0) is 26.2 Å². The summed E-state index contributed by atoms with van der Waals surface area (Å²) in [7, 11) is 0. The molecule has 164 valence electrons. The van der Waals surface area contributed by atoms with Gasteiger partial charge < -0.3 is 13.2 Å². The van der Waals surface area contributed by atoms with Gasteiger partial charge in [0.1, 0.15) is 0 Å². The number of allylic oxidation sites excluding steroid dienone is 4. The molecule has 0 spiro atoms. The zero-order valence-corrected chi connectivity index (χ0v) is 19.8. The van der Waals surface area contributed by atoms with Crippen LogP contribution in [0.5, 0.6) is 0 Å². The average Bonchev–Trinajstić information content (AvgIpc) is 3.31. The van der Waals surface area contributed by atoms with E-state index in [4.69, 9.17) is 0 Å². The molecule has 0 saturated heterocycles. The zero-order chi connectivity index (χ0) is 22.5. The molecule has 4 rings (SSSR count). The largest absolute Gasteiger partial charge is 0.385 e. The summed E-state index contributed by atoms with van der Waals surface area (Å²) < 4.78 is 28.8. The second-order valence-electron chi connectivity index (χ2n) is 5.67. The van der Waals surface area contributed by atoms with Crippen LogP contribution < -0.4 is 0 Å². The summed E-state index contributed by atoms with van der Waals surface area (Å²) in [5, 5.41) is 0. The minimum atomic E-state index is -3.08. The summed E-state index contributed by atoms with van der Waals surface area (Å²) in [5.41, 5.74) is 3.22. The predicted octanol–water partition coefficient (Wildman–Crippen LogP) is 8.25. The van der Waals surface area contributed by atoms with Crippen LogP contribution in [0.3, 0.4) is 0 Å². The first-order valence-electron chi connectivity index (χ1n) is 9.08. The molecule has 0 nitrogen and oxygen atoms in total. The van der Waals surface area contributed by atoms with Gasteiger partial charge in [-0.1, -0.05) is 18.2 Å². The normalized spacial score (nSPS) is 9.81. The molecule has 3 aromatic rings. The SMILES string of the molecule is F[C-](F)F.[C-]1=CC=CC1.[CH2-]c1ccccc1.[CH2-]c1ccccc1.[CH2-]c1ccccc1.[Zr]. The van der Waals surface area contributed by atoms with E-state index in [0.717, 1.165) is 23.1 Å². The number of halogens is 3. The second kappa shape index (κ2) is 22.1. The fourth-order valence-electron chi connectivity index (χ4n) is 1.77. The first kappa shape index (κ1) is 30.6. The van der Waals surface area contributed by atoms with Gasteiger partial charge in [-0.05, 0) is 0 Å². The summed E-state index contributed by atoms with van der Waals surface area (Å²) >= 11 is 0. The fourth-order valence-corrected chi connectivity index (χ4v) is 1.77. The Morgan fingerprint density at radius 3 is 1.00 bits per heavy atom. The van der Waals surface area contributed by atoms with Crippen molar-refractivity contribution in [3.8, 4) is 0 Å². The molecule has 4 heteroatoms. The maximum absolute atomic E-state index is 9.58. The molecule has 0 saturated carbocycles. The summed E-state index contributed by atoms with van der Waals surface area (Å²) in [6, 6.07) is 29.6. The molecule has 0 aliphatic heterocycles. The maximum Gasteiger partial charge on any atom is 0.154 e. The monoisotopic (exact) mass is 497 g/mol. The van der Waals surface area contributed by atoms with Crippen molar-refractivity contribution in [1.82, 2.24) is 0 Å². The van der Waals surface area contributed by atoms with E-state index >= 15 is 0 Å². The molecule has 0 fully saturated rings. The van der Waals surface area contributed by atoms with Crippen LogP contribution in [0.4, 0.5) is 13.2 Å². The van der Waals surface area contributed by atoms with Gasteiger partial charge in [0.25, 0.3) is 0 Å². The Morgan fingerprint density at radius 1 is 0.613 bits per heavy atom. The smallest absolute Gasteiger partial charge is 0.154 e. The van der Waals surface area contributed by atoms with Crippen LogP contribution in [0.25, 0.3) is 0 Å². The molecule has 3 aromatic carbocycles. The van der Waals surface area contributed by atoms with Crippen LogP contribution in [0, 0.1) is 33.5 Å². The molecule has 31 heavy (non-hydrogen) atoms. The third-order valence-corrected chi connectivity index (χ3v) is 3.11. The van der Waals surface area contributed by atoms with Crippen LogP contribution in [-0.4, -0.2) is 0 Å². The van der Waals surface area contributed by atoms with E-state index in [1.54, 1.807) is 0 Å². The summed E-state index contributed by atoms with van der Waals surface area (Å²) in [6.07, 6.45) is 10.0. The Morgan fingerprint density at radius 2 is 0.903 bits per heavy atom. The van der Waals surface area contributed by atoms with Gasteiger partial charge >= 0.3 is 0 Å². The molecular weight excluding hydrogens is 473 g/mol. The van der Waals surface area contributed by atoms with Gasteiger partial charge in [0.05, 0.1) is 0 Å². The Hall–Kier alpha value is -2.58. The molecule has 0 amide bonds. The number of benzene rings is 3. The first-order valence-corrected chi connectivity index (χ1v) is 9.08. The topological polar surface area (TPSA) is 0 Å². The number of hydrogen-bond acceptors (Lipinski definition) is 0. The molecular formula is C27H26F3Zr-5. The number of hydrogen-bond donors (Lipinski definition) is 0. The molecule has 1 aliphatic rings. The van der Waals surface area contributed by atoms with Gasteiger partial charge in [0, 0.05) is 26.2 Å². The molecule has 1 aliphatic carbocycles. The molecule has 0 atom stereocenters. The molecule has 0 heterocycles. The van der Waals surface area contributed by atoms with Crippen molar-refractivity contribution >= 4 is 0 Å². The summed E-state index contributed by atoms with van der Waals surface area (Å²) in [6.45, 7) is 8.08. The maximum atomic E-state index is 9.58. The molecule has 0 radical (unpaired) electrons. The Labute approximate surface area is 204 Å². The van der Waals surface area contributed by atoms with E-state index in [1.807, 2.05) is 103 Å². The molecule has 0 aromatic heterocycles. The average molecular weight is 499 g/mol. The first-order chi connectivity index (χ1) is 14.4. The molecule has 0 unspecified atom stereocenters. The third kappa shape index (κ3) is 25.4. The zero-order valence-electron chi connectivity index (χ0n) is 17.4. The predicted molar refractivity (Wildman–Crippen MR) is 121 cm³/mol. The second-order valence-corrected chi connectivity index (χ2v) is 5.67. The third-order valence-electron chi connectivity index (χ3n) is 3.11. The van der Waals surface area contributed by atoms with Gasteiger partial charge in [0.2, 0.25) is 0 Å². The van der Waals surface area contributed by atoms with Crippen LogP contribution in [0.1, 0.15) is 23.1 Å². The van der Waals surface area contributed by atoms with Crippen molar-refractivity contribution in [3.63, 3.8) is 0 Å². The molecule has 0 N–H and O–H groups in total. The summed E-state index contributed by atoms with van der Waals surface area (Å²) in [5.74, 6) is 0. The van der Waals surface area contributed by atoms with E-state index in [1.165, 1.54) is 0 Å². The Bertz CT molecular complexity index is 685. The van der Waals surface area contributed by atoms with Gasteiger partial charge in [-0.3, -0.25) is 6.08 Å². The van der Waals surface area contributed by atoms with Crippen LogP contribution in [0.2, 0.25) is 0 Å². The van der Waals surface area contributed by atoms with Crippen LogP contribution in [0.15, 0.2) is 109 Å². The fraction of sp³-hybridized carbons (Fsp3) is 0.0370. The Balaban J connectivity index is 0. The standard InChI is InChI=1S/3C7H7.C5H5.CF3.Zr/c3*1-7-5-3-2-4-6-7;1-2-4-5-3-1;2-1(3)4;/h3*2-6H,1H2;1-3H,4H2;;/q5*-1;. The summed E-state index contributed by atoms with van der Waals surface area (Å²) in [4.78, 5) is 0. The van der Waals surface area contributed by atoms with E-state index in [0.29, 0.717) is 0 Å². The van der Waals surface area contributed by atoms with Gasteiger partial charge in [-0.25, -0.2) is 12.2 Å². The van der Waals surface area contributed by atoms with Crippen LogP contribution >= 0.6 is 0 Å². The number of rotatable bonds is 0. The van der Waals surface area contributed by atoms with Gasteiger partial charge in [-0.2, -0.15) is 79.9 Å². The van der Waals surface area contributed by atoms with Crippen molar-refractivity contribution in [2.45, 2.75) is 6.42 Å². The molecule has 0 bridgehead atoms. The van der Waals surface area contributed by atoms with Crippen molar-refractivity contribution in [1.29, 1.82) is 0 Å². The minimum Gasteiger partial charge on any atom is -0.385 e. The van der Waals surface area contributed by atoms with E-state index in [-0.39, 0.29) is 26.2 Å². The van der Waals surface area contributed by atoms with E-state index in [9.17, 15) is 13.2 Å². The quantitative estimate of drug-likeness (QED) is 0.274. The van der Waals surface area contributed by atoms with E-state index in [2.05, 4.69) is 32.9 Å². The Kier molecular flexibility index (Phi) is 21.8. The van der Waals surface area contributed by atoms with Gasteiger partial charge in [0.15, 0.2) is 6.68 Å².